The summed E-state index contributed by atoms with van der Waals surface area (Å²) in [5, 5.41) is 6.79. The van der Waals surface area contributed by atoms with E-state index in [1.807, 2.05) is 13.8 Å². The number of nitrogens with one attached hydrogen (secondary N) is 2. The molecule has 2 rings (SSSR count). The molecule has 0 atom stereocenters. The summed E-state index contributed by atoms with van der Waals surface area (Å²) in [6.07, 6.45) is 1.78. The van der Waals surface area contributed by atoms with Gasteiger partial charge in [0.2, 0.25) is 0 Å². The molecule has 1 aromatic carbocycles. The highest BCUT2D eigenvalue weighted by molar-refractivity contribution is 7.92. The van der Waals surface area contributed by atoms with Crippen molar-refractivity contribution >= 4 is 21.5 Å². The number of anilines is 2. The minimum Gasteiger partial charge on any atom is -0.398 e. The highest BCUT2D eigenvalue weighted by Gasteiger charge is 2.20. The molecular formula is C14H20N4O2S. The molecule has 1 aromatic heterocycles. The number of sulfonamides is 1. The fourth-order valence-electron chi connectivity index (χ4n) is 2.14. The molecule has 0 aliphatic carbocycles. The molecule has 0 radical (unpaired) electrons. The number of H-pyrrole nitrogens is 1. The monoisotopic (exact) mass is 308 g/mol. The minimum absolute atomic E-state index is 0.181. The van der Waals surface area contributed by atoms with E-state index in [1.54, 1.807) is 25.1 Å². The van der Waals surface area contributed by atoms with E-state index >= 15 is 0 Å². The first-order valence-electron chi connectivity index (χ1n) is 6.77. The molecule has 114 valence electrons. The third-order valence-corrected chi connectivity index (χ3v) is 4.70. The molecule has 4 N–H and O–H groups in total. The number of hydrogen-bond donors (Lipinski definition) is 3. The third kappa shape index (κ3) is 3.36. The van der Waals surface area contributed by atoms with Crippen LogP contribution in [0.4, 0.5) is 11.5 Å². The highest BCUT2D eigenvalue weighted by atomic mass is 32.2. The molecule has 0 saturated carbocycles. The fourth-order valence-corrected chi connectivity index (χ4v) is 3.49. The molecule has 0 aliphatic heterocycles. The smallest absolute Gasteiger partial charge is 0.263 e. The van der Waals surface area contributed by atoms with Crippen LogP contribution in [0, 0.1) is 13.8 Å². The Balaban J connectivity index is 2.34. The zero-order valence-electron chi connectivity index (χ0n) is 12.4. The second-order valence-corrected chi connectivity index (χ2v) is 6.76. The van der Waals surface area contributed by atoms with Crippen molar-refractivity contribution in [2.75, 3.05) is 10.5 Å². The zero-order valence-corrected chi connectivity index (χ0v) is 13.2. The number of rotatable bonds is 5. The van der Waals surface area contributed by atoms with Crippen LogP contribution in [-0.4, -0.2) is 18.6 Å². The number of aromatic amines is 1. The van der Waals surface area contributed by atoms with E-state index in [0.29, 0.717) is 11.3 Å². The Hall–Kier alpha value is -2.02. The van der Waals surface area contributed by atoms with Crippen molar-refractivity contribution in [1.82, 2.24) is 10.2 Å². The van der Waals surface area contributed by atoms with E-state index in [4.69, 9.17) is 5.73 Å². The van der Waals surface area contributed by atoms with Crippen molar-refractivity contribution < 1.29 is 8.42 Å². The van der Waals surface area contributed by atoms with Crippen LogP contribution in [0.25, 0.3) is 0 Å². The molecule has 0 unspecified atom stereocenters. The Labute approximate surface area is 124 Å². The van der Waals surface area contributed by atoms with Gasteiger partial charge < -0.3 is 5.73 Å². The van der Waals surface area contributed by atoms with Crippen LogP contribution < -0.4 is 10.5 Å². The Morgan fingerprint density at radius 1 is 1.29 bits per heavy atom. The van der Waals surface area contributed by atoms with Gasteiger partial charge in [-0.3, -0.25) is 9.82 Å². The summed E-state index contributed by atoms with van der Waals surface area (Å²) in [6, 6.07) is 5.06. The lowest BCUT2D eigenvalue weighted by Gasteiger charge is -2.11. The van der Waals surface area contributed by atoms with Gasteiger partial charge in [0.25, 0.3) is 10.0 Å². The Kier molecular flexibility index (Phi) is 4.22. The predicted octanol–water partition coefficient (Wildman–Crippen LogP) is 2.36. The summed E-state index contributed by atoms with van der Waals surface area (Å²) in [5.74, 6) is 0.290. The third-order valence-electron chi connectivity index (χ3n) is 3.22. The molecule has 7 heteroatoms. The average molecular weight is 308 g/mol. The van der Waals surface area contributed by atoms with E-state index in [2.05, 4.69) is 14.9 Å². The minimum atomic E-state index is -3.70. The van der Waals surface area contributed by atoms with Crippen LogP contribution in [0.2, 0.25) is 0 Å². The van der Waals surface area contributed by atoms with Gasteiger partial charge in [-0.25, -0.2) is 8.42 Å². The molecule has 0 saturated heterocycles. The van der Waals surface area contributed by atoms with E-state index in [1.165, 1.54) is 0 Å². The summed E-state index contributed by atoms with van der Waals surface area (Å²) in [5.41, 5.74) is 8.54. The number of nitrogen functional groups attached to an aromatic ring is 1. The van der Waals surface area contributed by atoms with Crippen LogP contribution >= 0.6 is 0 Å². The average Bonchev–Trinajstić information content (AvgIpc) is 2.80. The molecule has 1 heterocycles. The van der Waals surface area contributed by atoms with Gasteiger partial charge in [0.15, 0.2) is 5.82 Å². The van der Waals surface area contributed by atoms with E-state index in [0.717, 1.165) is 24.1 Å². The molecule has 0 fully saturated rings. The van der Waals surface area contributed by atoms with Crippen LogP contribution in [-0.2, 0) is 16.4 Å². The standard InChI is InChI=1S/C14H20N4O2S/c1-4-5-11-8-14(17-16-11)18-21(19,20)13-7-9(2)6-12(15)10(13)3/h6-8H,4-5,15H2,1-3H3,(H2,16,17,18). The van der Waals surface area contributed by atoms with Crippen molar-refractivity contribution in [3.8, 4) is 0 Å². The molecule has 0 bridgehead atoms. The van der Waals surface area contributed by atoms with Gasteiger partial charge >= 0.3 is 0 Å². The lowest BCUT2D eigenvalue weighted by Crippen LogP contribution is -2.15. The normalized spacial score (nSPS) is 11.6. The Bertz CT molecular complexity index is 750. The largest absolute Gasteiger partial charge is 0.398 e. The lowest BCUT2D eigenvalue weighted by molar-refractivity contribution is 0.600. The van der Waals surface area contributed by atoms with Crippen molar-refractivity contribution in [3.05, 3.63) is 35.0 Å². The Morgan fingerprint density at radius 3 is 2.67 bits per heavy atom. The fraction of sp³-hybridized carbons (Fsp3) is 0.357. The van der Waals surface area contributed by atoms with Gasteiger partial charge in [0.1, 0.15) is 0 Å². The van der Waals surface area contributed by atoms with Crippen molar-refractivity contribution in [2.45, 2.75) is 38.5 Å². The number of nitrogens with zero attached hydrogens (tertiary/aromatic N) is 1. The number of aromatic nitrogens is 2. The lowest BCUT2D eigenvalue weighted by atomic mass is 10.1. The molecule has 0 aliphatic rings. The summed E-state index contributed by atoms with van der Waals surface area (Å²) in [7, 11) is -3.70. The highest BCUT2D eigenvalue weighted by Crippen LogP contribution is 2.24. The van der Waals surface area contributed by atoms with E-state index < -0.39 is 10.0 Å². The second kappa shape index (κ2) is 5.77. The van der Waals surface area contributed by atoms with E-state index in [9.17, 15) is 8.42 Å². The van der Waals surface area contributed by atoms with E-state index in [-0.39, 0.29) is 10.7 Å². The predicted molar refractivity (Wildman–Crippen MR) is 83.7 cm³/mol. The van der Waals surface area contributed by atoms with Crippen molar-refractivity contribution in [1.29, 1.82) is 0 Å². The van der Waals surface area contributed by atoms with Crippen molar-refractivity contribution in [2.24, 2.45) is 0 Å². The number of nitrogens with two attached hydrogens (primary N) is 1. The summed E-state index contributed by atoms with van der Waals surface area (Å²) in [6.45, 7) is 5.54. The maximum atomic E-state index is 12.5. The van der Waals surface area contributed by atoms with Gasteiger partial charge in [0, 0.05) is 17.4 Å². The molecule has 6 nitrogen and oxygen atoms in total. The SMILES string of the molecule is CCCc1cc(NS(=O)(=O)c2cc(C)cc(N)c2C)n[nH]1. The maximum absolute atomic E-state index is 12.5. The van der Waals surface area contributed by atoms with Gasteiger partial charge in [-0.05, 0) is 43.5 Å². The summed E-state index contributed by atoms with van der Waals surface area (Å²) < 4.78 is 27.4. The van der Waals surface area contributed by atoms with Crippen LogP contribution in [0.15, 0.2) is 23.1 Å². The van der Waals surface area contributed by atoms with Gasteiger partial charge in [-0.15, -0.1) is 0 Å². The topological polar surface area (TPSA) is 101 Å². The molecule has 2 aromatic rings. The Morgan fingerprint density at radius 2 is 2.00 bits per heavy atom. The first kappa shape index (κ1) is 15.4. The molecule has 21 heavy (non-hydrogen) atoms. The number of hydrogen-bond acceptors (Lipinski definition) is 4. The summed E-state index contributed by atoms with van der Waals surface area (Å²) in [4.78, 5) is 0.181. The molecule has 0 spiro atoms. The first-order valence-corrected chi connectivity index (χ1v) is 8.25. The number of aryl methyl sites for hydroxylation is 2. The van der Waals surface area contributed by atoms with Crippen LogP contribution in [0.3, 0.4) is 0 Å². The summed E-state index contributed by atoms with van der Waals surface area (Å²) >= 11 is 0. The van der Waals surface area contributed by atoms with Crippen molar-refractivity contribution in [3.63, 3.8) is 0 Å². The number of benzene rings is 1. The van der Waals surface area contributed by atoms with Gasteiger partial charge in [-0.2, -0.15) is 5.10 Å². The first-order chi connectivity index (χ1) is 9.83. The molecular weight excluding hydrogens is 288 g/mol. The zero-order chi connectivity index (χ0) is 15.6. The molecule has 0 amide bonds. The van der Waals surface area contributed by atoms with Crippen LogP contribution in [0.5, 0.6) is 0 Å². The second-order valence-electron chi connectivity index (χ2n) is 5.11. The quantitative estimate of drug-likeness (QED) is 0.738. The van der Waals surface area contributed by atoms with Gasteiger partial charge in [-0.1, -0.05) is 13.3 Å². The van der Waals surface area contributed by atoms with Crippen LogP contribution in [0.1, 0.15) is 30.2 Å². The van der Waals surface area contributed by atoms with Gasteiger partial charge in [0.05, 0.1) is 4.90 Å². The maximum Gasteiger partial charge on any atom is 0.263 e.